The minimum atomic E-state index is -1.34. The molecule has 1 aromatic heterocycles. The van der Waals surface area contributed by atoms with Crippen LogP contribution in [0.3, 0.4) is 0 Å². The highest BCUT2D eigenvalue weighted by Gasteiger charge is 2.58. The first kappa shape index (κ1) is 27.5. The van der Waals surface area contributed by atoms with Gasteiger partial charge in [0.1, 0.15) is 28.9 Å². The Bertz CT molecular complexity index is 623. The van der Waals surface area contributed by atoms with Crippen LogP contribution >= 0.6 is 22.9 Å². The molecule has 1 aliphatic rings. The van der Waals surface area contributed by atoms with Crippen LogP contribution in [-0.2, 0) is 14.1 Å². The summed E-state index contributed by atoms with van der Waals surface area (Å²) in [5.41, 5.74) is 1.49. The van der Waals surface area contributed by atoms with Crippen molar-refractivity contribution in [2.24, 2.45) is 14.1 Å². The fourth-order valence-corrected chi connectivity index (χ4v) is 22.3. The largest absolute Gasteiger partial charge is 0.373 e. The Labute approximate surface area is 193 Å². The molecular weight excluding hydrogens is 424 g/mol. The van der Waals surface area contributed by atoms with Crippen molar-refractivity contribution in [2.45, 2.75) is 98.5 Å². The van der Waals surface area contributed by atoms with Crippen molar-refractivity contribution >= 4 is 55.2 Å². The summed E-state index contributed by atoms with van der Waals surface area (Å²) in [5, 5.41) is 0.887. The maximum atomic E-state index is 2.96. The van der Waals surface area contributed by atoms with E-state index >= 15 is 0 Å². The number of aryl methyl sites for hydroxylation is 2. The molecule has 0 aliphatic carbocycles. The molecule has 1 saturated heterocycles. The maximum absolute atomic E-state index is 2.96. The Morgan fingerprint density at radius 2 is 1.48 bits per heavy atom. The molecule has 168 valence electrons. The summed E-state index contributed by atoms with van der Waals surface area (Å²) in [7, 11) is 1.73. The first-order valence-corrected chi connectivity index (χ1v) is 20.1. The van der Waals surface area contributed by atoms with Gasteiger partial charge < -0.3 is 27.1 Å². The number of unbranched alkanes of at least 4 members (excludes halogenated alkanes) is 2. The van der Waals surface area contributed by atoms with Gasteiger partial charge in [-0.2, -0.15) is 0 Å². The van der Waals surface area contributed by atoms with Gasteiger partial charge in [-0.15, -0.1) is 5.31 Å². The Kier molecular flexibility index (Phi) is 9.40. The van der Waals surface area contributed by atoms with E-state index in [4.69, 9.17) is 0 Å². The van der Waals surface area contributed by atoms with Crippen LogP contribution in [0.25, 0.3) is 0 Å². The second-order valence-electron chi connectivity index (χ2n) is 11.6. The molecule has 0 unspecified atom stereocenters. The predicted molar refractivity (Wildman–Crippen MR) is 146 cm³/mol. The van der Waals surface area contributed by atoms with Crippen LogP contribution in [0.15, 0.2) is 12.4 Å². The molecule has 2 rings (SSSR count). The monoisotopic (exact) mass is 471 g/mol. The van der Waals surface area contributed by atoms with Crippen molar-refractivity contribution in [1.29, 1.82) is 0 Å². The zero-order valence-electron chi connectivity index (χ0n) is 21.6. The van der Waals surface area contributed by atoms with Crippen LogP contribution in [0.2, 0.25) is 44.6 Å². The molecule has 2 heterocycles. The molecule has 0 N–H and O–H groups in total. The van der Waals surface area contributed by atoms with Gasteiger partial charge in [0.2, 0.25) is 4.70 Å². The molecule has 1 aromatic rings. The molecule has 0 saturated carbocycles. The molecule has 0 amide bonds. The second-order valence-corrected chi connectivity index (χ2v) is 25.1. The quantitative estimate of drug-likeness (QED) is 0.377. The van der Waals surface area contributed by atoms with Gasteiger partial charge in [0.15, 0.2) is 0 Å². The summed E-state index contributed by atoms with van der Waals surface area (Å²) >= 11 is 4.51. The molecule has 29 heavy (non-hydrogen) atoms. The van der Waals surface area contributed by atoms with Crippen molar-refractivity contribution in [3.05, 3.63) is 12.4 Å². The van der Waals surface area contributed by atoms with Crippen LogP contribution in [0.4, 0.5) is 0 Å². The van der Waals surface area contributed by atoms with Gasteiger partial charge in [-0.3, -0.25) is 9.13 Å². The maximum Gasteiger partial charge on any atom is 0.267 e. The van der Waals surface area contributed by atoms with Gasteiger partial charge in [0.05, 0.1) is 19.8 Å². The molecule has 1 aliphatic heterocycles. The summed E-state index contributed by atoms with van der Waals surface area (Å²) in [4.78, 5) is 0. The van der Waals surface area contributed by atoms with Crippen LogP contribution in [-0.4, -0.2) is 35.3 Å². The Morgan fingerprint density at radius 1 is 1.03 bits per heavy atom. The first-order valence-electron chi connectivity index (χ1n) is 11.3. The zero-order chi connectivity index (χ0) is 22.8. The number of imidazole rings is 1. The fraction of sp³-hybridized carbons (Fsp3) is 0.850. The van der Waals surface area contributed by atoms with E-state index in [1.165, 1.54) is 25.0 Å². The van der Waals surface area contributed by atoms with E-state index in [-0.39, 0.29) is 5.31 Å². The SMILES string of the molecule is CCCCC.Cn1cc[n+](C)c1[B-]1(C(C)(C)C)SB(N([Si](C)(C)C)[Si](C)(C)C)S1. The Morgan fingerprint density at radius 3 is 1.72 bits per heavy atom. The highest BCUT2D eigenvalue weighted by atomic mass is 32.3. The van der Waals surface area contributed by atoms with Gasteiger partial charge in [-0.25, -0.2) is 0 Å². The summed E-state index contributed by atoms with van der Waals surface area (Å²) in [6, 6.07) is 0. The summed E-state index contributed by atoms with van der Waals surface area (Å²) < 4.78 is 6.95. The molecule has 1 fully saturated rings. The van der Waals surface area contributed by atoms with E-state index in [0.717, 1.165) is 0 Å². The number of nitrogens with zero attached hydrogens (tertiary/aromatic N) is 3. The first-order chi connectivity index (χ1) is 13.0. The van der Waals surface area contributed by atoms with E-state index in [0.29, 0.717) is 5.40 Å². The third-order valence-electron chi connectivity index (χ3n) is 5.70. The molecular formula is C20H47B2N3S2Si2. The third-order valence-corrected chi connectivity index (χ3v) is 18.7. The normalized spacial score (nSPS) is 17.1. The lowest BCUT2D eigenvalue weighted by Crippen LogP contribution is -2.75. The second kappa shape index (κ2) is 9.93. The molecule has 0 atom stereocenters. The van der Waals surface area contributed by atoms with Crippen LogP contribution in [0.5, 0.6) is 0 Å². The summed E-state index contributed by atoms with van der Waals surface area (Å²) in [6.07, 6.45) is 8.48. The highest BCUT2D eigenvalue weighted by Crippen LogP contribution is 2.62. The third kappa shape index (κ3) is 6.24. The van der Waals surface area contributed by atoms with Crippen molar-refractivity contribution in [2.75, 3.05) is 0 Å². The zero-order valence-corrected chi connectivity index (χ0v) is 25.2. The number of hydrogen-bond acceptors (Lipinski definition) is 3. The highest BCUT2D eigenvalue weighted by molar-refractivity contribution is 8.96. The average Bonchev–Trinajstić information content (AvgIpc) is 2.79. The van der Waals surface area contributed by atoms with Gasteiger partial charge in [-0.1, -0.05) is 93.2 Å². The van der Waals surface area contributed by atoms with Crippen LogP contribution < -0.4 is 10.3 Å². The van der Waals surface area contributed by atoms with E-state index in [9.17, 15) is 0 Å². The van der Waals surface area contributed by atoms with E-state index in [1.54, 1.807) is 0 Å². The Balaban J connectivity index is 0.000000749. The van der Waals surface area contributed by atoms with Crippen LogP contribution in [0.1, 0.15) is 53.9 Å². The minimum absolute atomic E-state index is 0.264. The van der Waals surface area contributed by atoms with Crippen LogP contribution in [0, 0.1) is 0 Å². The summed E-state index contributed by atoms with van der Waals surface area (Å²) in [6.45, 7) is 26.8. The van der Waals surface area contributed by atoms with Crippen molar-refractivity contribution in [3.63, 3.8) is 0 Å². The van der Waals surface area contributed by atoms with Crippen molar-refractivity contribution in [3.8, 4) is 0 Å². The molecule has 0 spiro atoms. The lowest BCUT2D eigenvalue weighted by Gasteiger charge is -2.64. The smallest absolute Gasteiger partial charge is 0.267 e. The fourth-order valence-electron chi connectivity index (χ4n) is 4.51. The number of aromatic nitrogens is 2. The van der Waals surface area contributed by atoms with E-state index in [2.05, 4.69) is 137 Å². The van der Waals surface area contributed by atoms with Crippen molar-refractivity contribution < 1.29 is 4.57 Å². The van der Waals surface area contributed by atoms with Gasteiger partial charge >= 0.3 is 0 Å². The van der Waals surface area contributed by atoms with Gasteiger partial charge in [0.25, 0.3) is 5.40 Å². The van der Waals surface area contributed by atoms with Gasteiger partial charge in [0, 0.05) is 0 Å². The standard InChI is InChI=1S/C15H35B2N3S2Si2.C5H12/c1-15(2,3)17(14-18(4)12-13-19(14)5)21-16(22-17)20(23(6,7)8)24(9,10)11;1-3-5-4-2/h12-13H,1-11H3;3-5H2,1-2H3. The Hall–Kier alpha value is 0.434. The topological polar surface area (TPSA) is 12.0 Å². The number of hydrogen-bond donors (Lipinski definition) is 0. The summed E-state index contributed by atoms with van der Waals surface area (Å²) in [5.74, 6) is 0. The molecule has 0 bridgehead atoms. The average molecular weight is 472 g/mol. The molecule has 0 aromatic carbocycles. The van der Waals surface area contributed by atoms with E-state index < -0.39 is 21.2 Å². The van der Waals surface area contributed by atoms with Crippen molar-refractivity contribution in [1.82, 2.24) is 8.71 Å². The lowest BCUT2D eigenvalue weighted by atomic mass is 9.50. The lowest BCUT2D eigenvalue weighted by molar-refractivity contribution is -0.653. The van der Waals surface area contributed by atoms with Gasteiger partial charge in [-0.05, 0) is 0 Å². The predicted octanol–water partition coefficient (Wildman–Crippen LogP) is 5.93. The minimum Gasteiger partial charge on any atom is -0.373 e. The molecule has 9 heteroatoms. The molecule has 3 nitrogen and oxygen atoms in total. The molecule has 0 radical (unpaired) electrons. The number of rotatable bonds is 6. The van der Waals surface area contributed by atoms with E-state index in [1.807, 2.05) is 0 Å².